The summed E-state index contributed by atoms with van der Waals surface area (Å²) in [5.41, 5.74) is 0.890. The van der Waals surface area contributed by atoms with Crippen LogP contribution in [-0.2, 0) is 0 Å². The number of nitro groups is 1. The van der Waals surface area contributed by atoms with Crippen molar-refractivity contribution in [1.29, 1.82) is 0 Å². The third-order valence-electron chi connectivity index (χ3n) is 2.06. The highest BCUT2D eigenvalue weighted by Crippen LogP contribution is 2.31. The molecule has 82 valence electrons. The van der Waals surface area contributed by atoms with Gasteiger partial charge in [-0.2, -0.15) is 4.98 Å². The second-order valence-electron chi connectivity index (χ2n) is 3.09. The van der Waals surface area contributed by atoms with Crippen LogP contribution in [0.1, 0.15) is 5.56 Å². The lowest BCUT2D eigenvalue weighted by molar-refractivity contribution is -0.384. The van der Waals surface area contributed by atoms with Gasteiger partial charge in [-0.05, 0) is 29.2 Å². The molecule has 2 aromatic rings. The van der Waals surface area contributed by atoms with Gasteiger partial charge >= 0.3 is 0 Å². The largest absolute Gasteiger partial charge is 0.332 e. The zero-order valence-corrected chi connectivity index (χ0v) is 8.93. The minimum absolute atomic E-state index is 0.0507. The van der Waals surface area contributed by atoms with Crippen molar-refractivity contribution in [3.63, 3.8) is 0 Å². The number of halogens is 1. The molecule has 0 aliphatic rings. The molecule has 0 fully saturated rings. The number of benzene rings is 1. The molecule has 0 aliphatic carbocycles. The number of nitrogens with zero attached hydrogens (tertiary/aromatic N) is 3. The smallest absolute Gasteiger partial charge is 0.282 e. The van der Waals surface area contributed by atoms with Crippen molar-refractivity contribution in [2.24, 2.45) is 0 Å². The summed E-state index contributed by atoms with van der Waals surface area (Å²) in [5, 5.41) is 14.2. The Morgan fingerprint density at radius 2 is 2.25 bits per heavy atom. The number of nitro benzene ring substituents is 1. The summed E-state index contributed by atoms with van der Waals surface area (Å²) >= 11 is 5.51. The topological polar surface area (TPSA) is 82.1 Å². The molecule has 0 spiro atoms. The Morgan fingerprint density at radius 1 is 1.50 bits per heavy atom. The Bertz CT molecular complexity index is 553. The fourth-order valence-corrected chi connectivity index (χ4v) is 1.50. The number of hydrogen-bond acceptors (Lipinski definition) is 5. The fourth-order valence-electron chi connectivity index (χ4n) is 1.39. The van der Waals surface area contributed by atoms with Crippen LogP contribution >= 0.6 is 11.6 Å². The minimum atomic E-state index is -0.500. The molecular formula is C9H6ClN3O3. The predicted octanol–water partition coefficient (Wildman–Crippen LogP) is 2.61. The van der Waals surface area contributed by atoms with E-state index in [1.54, 1.807) is 19.1 Å². The highest BCUT2D eigenvalue weighted by atomic mass is 35.5. The fraction of sp³-hybridized carbons (Fsp3) is 0.111. The highest BCUT2D eigenvalue weighted by molar-refractivity contribution is 6.28. The van der Waals surface area contributed by atoms with Crippen LogP contribution in [0.2, 0.25) is 5.28 Å². The molecule has 2 rings (SSSR count). The first kappa shape index (κ1) is 10.6. The van der Waals surface area contributed by atoms with Crippen LogP contribution in [0.25, 0.3) is 11.5 Å². The summed E-state index contributed by atoms with van der Waals surface area (Å²) in [7, 11) is 0. The van der Waals surface area contributed by atoms with Crippen LogP contribution in [-0.4, -0.2) is 15.1 Å². The van der Waals surface area contributed by atoms with Gasteiger partial charge in [0.15, 0.2) is 0 Å². The molecule has 0 unspecified atom stereocenters. The maximum absolute atomic E-state index is 10.8. The van der Waals surface area contributed by atoms with E-state index in [-0.39, 0.29) is 16.9 Å². The van der Waals surface area contributed by atoms with Crippen molar-refractivity contribution >= 4 is 17.3 Å². The Morgan fingerprint density at radius 3 is 2.81 bits per heavy atom. The van der Waals surface area contributed by atoms with Crippen molar-refractivity contribution in [3.8, 4) is 11.5 Å². The SMILES string of the molecule is Cc1cccc([N+](=O)[O-])c1-c1nc(Cl)no1. The molecule has 16 heavy (non-hydrogen) atoms. The molecule has 7 heteroatoms. The first-order valence-electron chi connectivity index (χ1n) is 4.33. The summed E-state index contributed by atoms with van der Waals surface area (Å²) in [6.45, 7) is 1.72. The van der Waals surface area contributed by atoms with Crippen molar-refractivity contribution < 1.29 is 9.45 Å². The highest BCUT2D eigenvalue weighted by Gasteiger charge is 2.22. The van der Waals surface area contributed by atoms with E-state index < -0.39 is 4.92 Å². The predicted molar refractivity (Wildman–Crippen MR) is 56.1 cm³/mol. The van der Waals surface area contributed by atoms with Crippen molar-refractivity contribution in [2.45, 2.75) is 6.92 Å². The minimum Gasteiger partial charge on any atom is -0.332 e. The molecule has 0 aliphatic heterocycles. The van der Waals surface area contributed by atoms with Crippen LogP contribution in [0, 0.1) is 17.0 Å². The lowest BCUT2D eigenvalue weighted by Gasteiger charge is -2.00. The van der Waals surface area contributed by atoms with Gasteiger partial charge in [0.2, 0.25) is 0 Å². The van der Waals surface area contributed by atoms with E-state index in [0.717, 1.165) is 0 Å². The Hall–Kier alpha value is -1.95. The van der Waals surface area contributed by atoms with E-state index in [0.29, 0.717) is 11.1 Å². The average molecular weight is 240 g/mol. The molecule has 0 saturated heterocycles. The average Bonchev–Trinajstić information content (AvgIpc) is 2.64. The number of rotatable bonds is 2. The lowest BCUT2D eigenvalue weighted by Crippen LogP contribution is -1.94. The Balaban J connectivity index is 2.67. The van der Waals surface area contributed by atoms with E-state index in [4.69, 9.17) is 16.1 Å². The van der Waals surface area contributed by atoms with Gasteiger partial charge in [-0.3, -0.25) is 10.1 Å². The van der Waals surface area contributed by atoms with E-state index in [2.05, 4.69) is 10.1 Å². The summed E-state index contributed by atoms with van der Waals surface area (Å²) in [5.74, 6) is 0.0507. The van der Waals surface area contributed by atoms with Crippen molar-refractivity contribution in [2.75, 3.05) is 0 Å². The molecule has 0 N–H and O–H groups in total. The quantitative estimate of drug-likeness (QED) is 0.594. The van der Waals surface area contributed by atoms with Crippen LogP contribution in [0.3, 0.4) is 0 Å². The van der Waals surface area contributed by atoms with E-state index in [9.17, 15) is 10.1 Å². The maximum Gasteiger partial charge on any atom is 0.282 e. The molecule has 0 saturated carbocycles. The molecule has 1 aromatic heterocycles. The van der Waals surface area contributed by atoms with Gasteiger partial charge in [0.05, 0.1) is 4.92 Å². The van der Waals surface area contributed by atoms with Crippen molar-refractivity contribution in [3.05, 3.63) is 39.2 Å². The number of aryl methyl sites for hydroxylation is 1. The number of hydrogen-bond donors (Lipinski definition) is 0. The van der Waals surface area contributed by atoms with E-state index >= 15 is 0 Å². The van der Waals surface area contributed by atoms with Crippen molar-refractivity contribution in [1.82, 2.24) is 10.1 Å². The summed E-state index contributed by atoms with van der Waals surface area (Å²) < 4.78 is 4.82. The lowest BCUT2D eigenvalue weighted by atomic mass is 10.1. The van der Waals surface area contributed by atoms with E-state index in [1.807, 2.05) is 0 Å². The van der Waals surface area contributed by atoms with Crippen LogP contribution in [0.15, 0.2) is 22.7 Å². The second-order valence-corrected chi connectivity index (χ2v) is 3.43. The van der Waals surface area contributed by atoms with Gasteiger partial charge < -0.3 is 4.52 Å². The van der Waals surface area contributed by atoms with Crippen LogP contribution in [0.4, 0.5) is 5.69 Å². The third-order valence-corrected chi connectivity index (χ3v) is 2.22. The molecule has 1 heterocycles. The molecular weight excluding hydrogens is 234 g/mol. The Kier molecular flexibility index (Phi) is 2.57. The maximum atomic E-state index is 10.8. The molecule has 1 aromatic carbocycles. The van der Waals surface area contributed by atoms with E-state index in [1.165, 1.54) is 6.07 Å². The summed E-state index contributed by atoms with van der Waals surface area (Å²) in [6.07, 6.45) is 0. The van der Waals surface area contributed by atoms with Gasteiger partial charge in [-0.15, -0.1) is 0 Å². The first-order valence-corrected chi connectivity index (χ1v) is 4.71. The summed E-state index contributed by atoms with van der Waals surface area (Å²) in [4.78, 5) is 14.1. The zero-order valence-electron chi connectivity index (χ0n) is 8.18. The normalized spacial score (nSPS) is 10.4. The van der Waals surface area contributed by atoms with Gasteiger partial charge in [0.25, 0.3) is 16.9 Å². The van der Waals surface area contributed by atoms with Gasteiger partial charge in [-0.1, -0.05) is 12.1 Å². The van der Waals surface area contributed by atoms with Gasteiger partial charge in [-0.25, -0.2) is 0 Å². The Labute approximate surface area is 95.0 Å². The molecule has 6 nitrogen and oxygen atoms in total. The number of aromatic nitrogens is 2. The van der Waals surface area contributed by atoms with Gasteiger partial charge in [0.1, 0.15) is 5.56 Å². The summed E-state index contributed by atoms with van der Waals surface area (Å²) in [6, 6.07) is 4.69. The second kappa shape index (κ2) is 3.90. The molecule has 0 atom stereocenters. The third kappa shape index (κ3) is 1.74. The van der Waals surface area contributed by atoms with Crippen LogP contribution in [0.5, 0.6) is 0 Å². The van der Waals surface area contributed by atoms with Gasteiger partial charge in [0, 0.05) is 6.07 Å². The zero-order chi connectivity index (χ0) is 11.7. The molecule has 0 radical (unpaired) electrons. The first-order chi connectivity index (χ1) is 7.59. The monoisotopic (exact) mass is 239 g/mol. The molecule has 0 bridgehead atoms. The van der Waals surface area contributed by atoms with Crippen LogP contribution < -0.4 is 0 Å². The molecule has 0 amide bonds. The standard InChI is InChI=1S/C9H6ClN3O3/c1-5-3-2-4-6(13(14)15)7(5)8-11-9(10)12-16-8/h2-4H,1H3.